The van der Waals surface area contributed by atoms with Crippen LogP contribution in [0, 0.1) is 0 Å². The molecule has 0 aliphatic carbocycles. The molecule has 0 aliphatic rings. The lowest BCUT2D eigenvalue weighted by atomic mass is 10.0. The quantitative estimate of drug-likeness (QED) is 0.756. The van der Waals surface area contributed by atoms with Crippen molar-refractivity contribution < 1.29 is 10.2 Å². The molecule has 0 saturated carbocycles. The van der Waals surface area contributed by atoms with Crippen LogP contribution in [0.15, 0.2) is 54.6 Å². The summed E-state index contributed by atoms with van der Waals surface area (Å²) in [5, 5.41) is 22.3. The second-order valence-corrected chi connectivity index (χ2v) is 4.96. The molecule has 2 aromatic rings. The fraction of sp³-hybridized carbons (Fsp3) is 0.294. The Hall–Kier alpha value is -1.84. The number of aliphatic hydroxyl groups is 1. The summed E-state index contributed by atoms with van der Waals surface area (Å²) in [5.74, 6) is 0.273. The van der Waals surface area contributed by atoms with E-state index in [1.54, 1.807) is 12.1 Å². The molecule has 0 saturated heterocycles. The molecule has 106 valence electrons. The fourth-order valence-corrected chi connectivity index (χ4v) is 2.35. The second-order valence-electron chi connectivity index (χ2n) is 4.96. The first-order valence-electron chi connectivity index (χ1n) is 6.91. The maximum Gasteiger partial charge on any atom is 0.115 e. The average Bonchev–Trinajstić information content (AvgIpc) is 2.47. The van der Waals surface area contributed by atoms with Gasteiger partial charge in [-0.2, -0.15) is 0 Å². The molecule has 3 N–H and O–H groups in total. The van der Waals surface area contributed by atoms with Crippen LogP contribution in [0.2, 0.25) is 0 Å². The molecule has 2 rings (SSSR count). The lowest BCUT2D eigenvalue weighted by molar-refractivity contribution is 0.260. The minimum Gasteiger partial charge on any atom is -0.508 e. The Morgan fingerprint density at radius 1 is 1.00 bits per heavy atom. The molecule has 0 radical (unpaired) electrons. The Morgan fingerprint density at radius 3 is 2.35 bits per heavy atom. The number of hydrogen-bond acceptors (Lipinski definition) is 3. The van der Waals surface area contributed by atoms with Crippen molar-refractivity contribution >= 4 is 0 Å². The third-order valence-corrected chi connectivity index (χ3v) is 3.44. The molecule has 0 heterocycles. The molecule has 2 atom stereocenters. The third-order valence-electron chi connectivity index (χ3n) is 3.44. The van der Waals surface area contributed by atoms with Crippen LogP contribution in [0.1, 0.15) is 36.6 Å². The van der Waals surface area contributed by atoms with Crippen molar-refractivity contribution in [1.82, 2.24) is 5.32 Å². The topological polar surface area (TPSA) is 52.5 Å². The van der Waals surface area contributed by atoms with Gasteiger partial charge in [-0.15, -0.1) is 0 Å². The molecule has 0 bridgehead atoms. The van der Waals surface area contributed by atoms with Crippen LogP contribution in [0.5, 0.6) is 5.75 Å². The van der Waals surface area contributed by atoms with Gasteiger partial charge in [0, 0.05) is 18.7 Å². The first-order valence-corrected chi connectivity index (χ1v) is 6.91. The van der Waals surface area contributed by atoms with Gasteiger partial charge >= 0.3 is 0 Å². The minimum atomic E-state index is 0.0959. The lowest BCUT2D eigenvalue weighted by Crippen LogP contribution is -2.25. The summed E-state index contributed by atoms with van der Waals surface area (Å²) in [6.07, 6.45) is 0.660. The fourth-order valence-electron chi connectivity index (χ4n) is 2.35. The molecule has 0 fully saturated rings. The molecule has 0 aromatic heterocycles. The van der Waals surface area contributed by atoms with Crippen LogP contribution in [0.3, 0.4) is 0 Å². The van der Waals surface area contributed by atoms with Crippen molar-refractivity contribution in [3.63, 3.8) is 0 Å². The maximum atomic E-state index is 9.55. The summed E-state index contributed by atoms with van der Waals surface area (Å²) in [6, 6.07) is 17.5. The highest BCUT2D eigenvalue weighted by Crippen LogP contribution is 2.23. The van der Waals surface area contributed by atoms with Gasteiger partial charge in [0.15, 0.2) is 0 Å². The Kier molecular flexibility index (Phi) is 5.16. The number of benzene rings is 2. The maximum absolute atomic E-state index is 9.55. The van der Waals surface area contributed by atoms with Gasteiger partial charge in [-0.3, -0.25) is 0 Å². The molecule has 3 heteroatoms. The molecule has 0 amide bonds. The molecule has 2 aromatic carbocycles. The van der Waals surface area contributed by atoms with E-state index in [4.69, 9.17) is 0 Å². The summed E-state index contributed by atoms with van der Waals surface area (Å²) in [4.78, 5) is 0. The highest BCUT2D eigenvalue weighted by atomic mass is 16.3. The van der Waals surface area contributed by atoms with Gasteiger partial charge in [0.2, 0.25) is 0 Å². The summed E-state index contributed by atoms with van der Waals surface area (Å²) >= 11 is 0. The molecule has 0 unspecified atom stereocenters. The van der Waals surface area contributed by atoms with Gasteiger partial charge in [0.1, 0.15) is 5.75 Å². The van der Waals surface area contributed by atoms with Crippen LogP contribution in [-0.2, 0) is 0 Å². The molecule has 0 spiro atoms. The molecule has 20 heavy (non-hydrogen) atoms. The van der Waals surface area contributed by atoms with E-state index < -0.39 is 0 Å². The predicted octanol–water partition coefficient (Wildman–Crippen LogP) is 3.17. The van der Waals surface area contributed by atoms with Gasteiger partial charge in [0.25, 0.3) is 0 Å². The summed E-state index contributed by atoms with van der Waals surface area (Å²) in [7, 11) is 0. The molecule has 0 aliphatic heterocycles. The first kappa shape index (κ1) is 14.6. The summed E-state index contributed by atoms with van der Waals surface area (Å²) in [6.45, 7) is 2.20. The van der Waals surface area contributed by atoms with Crippen LogP contribution in [0.4, 0.5) is 0 Å². The second kappa shape index (κ2) is 7.08. The molecular formula is C17H21NO2. The van der Waals surface area contributed by atoms with Crippen LogP contribution in [0.25, 0.3) is 0 Å². The Balaban J connectivity index is 2.12. The van der Waals surface area contributed by atoms with E-state index in [9.17, 15) is 10.2 Å². The Labute approximate surface area is 119 Å². The zero-order chi connectivity index (χ0) is 14.4. The standard InChI is InChI=1S/C17H21NO2/c1-13(15-8-5-9-16(20)12-15)18-17(10-11-19)14-6-3-2-4-7-14/h2-9,12-13,17-20H,10-11H2,1H3/t13-,17+/m0/s1. The van der Waals surface area contributed by atoms with Crippen molar-refractivity contribution in [3.8, 4) is 5.75 Å². The molecule has 3 nitrogen and oxygen atoms in total. The number of nitrogens with one attached hydrogen (secondary N) is 1. The van der Waals surface area contributed by atoms with E-state index in [1.165, 1.54) is 0 Å². The zero-order valence-corrected chi connectivity index (χ0v) is 11.7. The van der Waals surface area contributed by atoms with Crippen LogP contribution in [-0.4, -0.2) is 16.8 Å². The lowest BCUT2D eigenvalue weighted by Gasteiger charge is -2.23. The highest BCUT2D eigenvalue weighted by Gasteiger charge is 2.15. The van der Waals surface area contributed by atoms with Crippen molar-refractivity contribution in [2.45, 2.75) is 25.4 Å². The number of aliphatic hydroxyl groups excluding tert-OH is 1. The summed E-state index contributed by atoms with van der Waals surface area (Å²) in [5.41, 5.74) is 2.19. The first-order chi connectivity index (χ1) is 9.70. The number of phenols is 1. The highest BCUT2D eigenvalue weighted by molar-refractivity contribution is 5.29. The van der Waals surface area contributed by atoms with Crippen LogP contribution >= 0.6 is 0 Å². The number of phenolic OH excluding ortho intramolecular Hbond substituents is 1. The summed E-state index contributed by atoms with van der Waals surface area (Å²) < 4.78 is 0. The van der Waals surface area contributed by atoms with Crippen molar-refractivity contribution in [2.75, 3.05) is 6.61 Å². The van der Waals surface area contributed by atoms with Gasteiger partial charge in [-0.25, -0.2) is 0 Å². The number of hydrogen-bond donors (Lipinski definition) is 3. The average molecular weight is 271 g/mol. The van der Waals surface area contributed by atoms with Gasteiger partial charge < -0.3 is 15.5 Å². The van der Waals surface area contributed by atoms with E-state index in [2.05, 4.69) is 24.4 Å². The van der Waals surface area contributed by atoms with Crippen molar-refractivity contribution in [3.05, 3.63) is 65.7 Å². The van der Waals surface area contributed by atoms with Gasteiger partial charge in [-0.05, 0) is 36.6 Å². The largest absolute Gasteiger partial charge is 0.508 e. The van der Waals surface area contributed by atoms with E-state index in [1.807, 2.05) is 30.3 Å². The van der Waals surface area contributed by atoms with E-state index in [0.717, 1.165) is 11.1 Å². The molecular weight excluding hydrogens is 250 g/mol. The van der Waals surface area contributed by atoms with E-state index >= 15 is 0 Å². The van der Waals surface area contributed by atoms with E-state index in [-0.39, 0.29) is 24.4 Å². The predicted molar refractivity (Wildman–Crippen MR) is 80.5 cm³/mol. The Bertz CT molecular complexity index is 528. The minimum absolute atomic E-state index is 0.0959. The zero-order valence-electron chi connectivity index (χ0n) is 11.7. The normalized spacial score (nSPS) is 13.9. The van der Waals surface area contributed by atoms with E-state index in [0.29, 0.717) is 6.42 Å². The SMILES string of the molecule is C[C@H](N[C@H](CCO)c1ccccc1)c1cccc(O)c1. The van der Waals surface area contributed by atoms with Crippen LogP contribution < -0.4 is 5.32 Å². The van der Waals surface area contributed by atoms with Crippen molar-refractivity contribution in [1.29, 1.82) is 0 Å². The third kappa shape index (κ3) is 3.83. The number of rotatable bonds is 6. The van der Waals surface area contributed by atoms with Gasteiger partial charge in [0.05, 0.1) is 0 Å². The van der Waals surface area contributed by atoms with Crippen molar-refractivity contribution in [2.24, 2.45) is 0 Å². The monoisotopic (exact) mass is 271 g/mol. The van der Waals surface area contributed by atoms with Gasteiger partial charge in [-0.1, -0.05) is 42.5 Å². The Morgan fingerprint density at radius 2 is 1.70 bits per heavy atom. The smallest absolute Gasteiger partial charge is 0.115 e. The number of aromatic hydroxyl groups is 1.